The number of furan rings is 1. The number of aromatic nitrogens is 2. The predicted octanol–water partition coefficient (Wildman–Crippen LogP) is 4.24. The van der Waals surface area contributed by atoms with Gasteiger partial charge in [0, 0.05) is 23.2 Å². The molecule has 0 N–H and O–H groups in total. The van der Waals surface area contributed by atoms with Crippen LogP contribution in [0.4, 0.5) is 5.13 Å². The number of hydrogen-bond acceptors (Lipinski definition) is 5. The van der Waals surface area contributed by atoms with Gasteiger partial charge in [0.25, 0.3) is 5.91 Å². The highest BCUT2D eigenvalue weighted by Crippen LogP contribution is 2.29. The summed E-state index contributed by atoms with van der Waals surface area (Å²) in [6, 6.07) is 11.3. The summed E-state index contributed by atoms with van der Waals surface area (Å²) in [6.45, 7) is 0. The van der Waals surface area contributed by atoms with Crippen molar-refractivity contribution in [3.8, 4) is 10.6 Å². The molecule has 0 saturated carbocycles. The normalized spacial score (nSPS) is 11.0. The first-order valence-electron chi connectivity index (χ1n) is 6.72. The Kier molecular flexibility index (Phi) is 4.68. The second-order valence-corrected chi connectivity index (χ2v) is 6.51. The van der Waals surface area contributed by atoms with E-state index in [9.17, 15) is 4.79 Å². The first-order valence-corrected chi connectivity index (χ1v) is 8.33. The summed E-state index contributed by atoms with van der Waals surface area (Å²) in [4.78, 5) is 13.6. The zero-order chi connectivity index (χ0) is 16.2. The first kappa shape index (κ1) is 15.6. The SMILES string of the molecule is CN(C(=O)/C=C/c1ccco1)c1nnc(-c2ccc(Br)cc2)s1. The quantitative estimate of drug-likeness (QED) is 0.626. The van der Waals surface area contributed by atoms with Crippen LogP contribution in [0.25, 0.3) is 16.6 Å². The molecule has 0 radical (unpaired) electrons. The van der Waals surface area contributed by atoms with Gasteiger partial charge in [-0.15, -0.1) is 10.2 Å². The molecular weight excluding hydrogens is 378 g/mol. The van der Waals surface area contributed by atoms with Crippen LogP contribution < -0.4 is 4.90 Å². The van der Waals surface area contributed by atoms with Crippen molar-refractivity contribution in [1.82, 2.24) is 10.2 Å². The van der Waals surface area contributed by atoms with Crippen molar-refractivity contribution >= 4 is 44.4 Å². The molecule has 23 heavy (non-hydrogen) atoms. The third-order valence-electron chi connectivity index (χ3n) is 3.06. The van der Waals surface area contributed by atoms with Gasteiger partial charge in [0.1, 0.15) is 10.8 Å². The molecule has 0 aliphatic heterocycles. The van der Waals surface area contributed by atoms with Crippen LogP contribution in [0.1, 0.15) is 5.76 Å². The van der Waals surface area contributed by atoms with E-state index >= 15 is 0 Å². The van der Waals surface area contributed by atoms with Crippen molar-refractivity contribution in [2.45, 2.75) is 0 Å². The van der Waals surface area contributed by atoms with Gasteiger partial charge in [0.15, 0.2) is 0 Å². The van der Waals surface area contributed by atoms with E-state index in [0.717, 1.165) is 15.0 Å². The van der Waals surface area contributed by atoms with E-state index in [1.807, 2.05) is 24.3 Å². The molecule has 3 rings (SSSR count). The highest BCUT2D eigenvalue weighted by atomic mass is 79.9. The Hall–Kier alpha value is -2.25. The van der Waals surface area contributed by atoms with Gasteiger partial charge in [-0.3, -0.25) is 9.69 Å². The Balaban J connectivity index is 1.74. The van der Waals surface area contributed by atoms with E-state index < -0.39 is 0 Å². The van der Waals surface area contributed by atoms with Gasteiger partial charge in [0.05, 0.1) is 6.26 Å². The van der Waals surface area contributed by atoms with Crippen LogP contribution >= 0.6 is 27.3 Å². The number of carbonyl (C=O) groups is 1. The van der Waals surface area contributed by atoms with Gasteiger partial charge in [0.2, 0.25) is 5.13 Å². The van der Waals surface area contributed by atoms with E-state index in [-0.39, 0.29) is 5.91 Å². The number of anilines is 1. The Morgan fingerprint density at radius 3 is 2.74 bits per heavy atom. The van der Waals surface area contributed by atoms with Crippen molar-refractivity contribution in [3.63, 3.8) is 0 Å². The number of halogens is 1. The fraction of sp³-hybridized carbons (Fsp3) is 0.0625. The molecule has 0 unspecified atom stereocenters. The molecule has 0 saturated heterocycles. The maximum absolute atomic E-state index is 12.2. The molecule has 2 aromatic heterocycles. The van der Waals surface area contributed by atoms with E-state index in [0.29, 0.717) is 10.9 Å². The molecule has 116 valence electrons. The van der Waals surface area contributed by atoms with Crippen LogP contribution in [0.15, 0.2) is 57.6 Å². The maximum Gasteiger partial charge on any atom is 0.252 e. The minimum absolute atomic E-state index is 0.195. The van der Waals surface area contributed by atoms with E-state index in [4.69, 9.17) is 4.42 Å². The van der Waals surface area contributed by atoms with Crippen molar-refractivity contribution in [3.05, 3.63) is 59.0 Å². The molecule has 3 aromatic rings. The fourth-order valence-electron chi connectivity index (χ4n) is 1.81. The Labute approximate surface area is 145 Å². The van der Waals surface area contributed by atoms with E-state index in [1.54, 1.807) is 31.5 Å². The molecule has 0 spiro atoms. The van der Waals surface area contributed by atoms with Crippen LogP contribution in [0, 0.1) is 0 Å². The van der Waals surface area contributed by atoms with Gasteiger partial charge in [-0.1, -0.05) is 39.4 Å². The average Bonchev–Trinajstić information content (AvgIpc) is 3.24. The molecule has 7 heteroatoms. The fourth-order valence-corrected chi connectivity index (χ4v) is 2.89. The summed E-state index contributed by atoms with van der Waals surface area (Å²) in [5, 5.41) is 9.54. The number of carbonyl (C=O) groups excluding carboxylic acids is 1. The molecule has 2 heterocycles. The van der Waals surface area contributed by atoms with Gasteiger partial charge in [-0.25, -0.2) is 0 Å². The zero-order valence-electron chi connectivity index (χ0n) is 12.1. The molecule has 0 aliphatic rings. The lowest BCUT2D eigenvalue weighted by molar-refractivity contribution is -0.113. The van der Waals surface area contributed by atoms with Crippen molar-refractivity contribution in [2.24, 2.45) is 0 Å². The average molecular weight is 390 g/mol. The lowest BCUT2D eigenvalue weighted by atomic mass is 10.2. The lowest BCUT2D eigenvalue weighted by Gasteiger charge is -2.09. The highest BCUT2D eigenvalue weighted by molar-refractivity contribution is 9.10. The molecule has 0 bridgehead atoms. The monoisotopic (exact) mass is 389 g/mol. The summed E-state index contributed by atoms with van der Waals surface area (Å²) in [7, 11) is 1.67. The van der Waals surface area contributed by atoms with Crippen molar-refractivity contribution in [1.29, 1.82) is 0 Å². The van der Waals surface area contributed by atoms with Crippen LogP contribution in [0.5, 0.6) is 0 Å². The molecular formula is C16H12BrN3O2S. The second kappa shape index (κ2) is 6.89. The smallest absolute Gasteiger partial charge is 0.252 e. The van der Waals surface area contributed by atoms with E-state index in [1.165, 1.54) is 22.3 Å². The van der Waals surface area contributed by atoms with Gasteiger partial charge in [-0.2, -0.15) is 0 Å². The number of hydrogen-bond donors (Lipinski definition) is 0. The topological polar surface area (TPSA) is 59.2 Å². The lowest BCUT2D eigenvalue weighted by Crippen LogP contribution is -2.23. The summed E-state index contributed by atoms with van der Waals surface area (Å²) >= 11 is 4.76. The third-order valence-corrected chi connectivity index (χ3v) is 4.63. The molecule has 0 fully saturated rings. The first-order chi connectivity index (χ1) is 11.1. The molecule has 0 aliphatic carbocycles. The minimum Gasteiger partial charge on any atom is -0.465 e. The minimum atomic E-state index is -0.195. The molecule has 1 aromatic carbocycles. The molecule has 5 nitrogen and oxygen atoms in total. The number of benzene rings is 1. The zero-order valence-corrected chi connectivity index (χ0v) is 14.5. The Bertz CT molecular complexity index is 825. The van der Waals surface area contributed by atoms with Crippen molar-refractivity contribution < 1.29 is 9.21 Å². The predicted molar refractivity (Wildman–Crippen MR) is 94.2 cm³/mol. The second-order valence-electron chi connectivity index (χ2n) is 4.64. The number of rotatable bonds is 4. The largest absolute Gasteiger partial charge is 0.465 e. The number of amides is 1. The Morgan fingerprint density at radius 1 is 1.26 bits per heavy atom. The summed E-state index contributed by atoms with van der Waals surface area (Å²) < 4.78 is 6.16. The summed E-state index contributed by atoms with van der Waals surface area (Å²) in [5.41, 5.74) is 0.962. The number of nitrogens with zero attached hydrogens (tertiary/aromatic N) is 3. The van der Waals surface area contributed by atoms with Gasteiger partial charge >= 0.3 is 0 Å². The summed E-state index contributed by atoms with van der Waals surface area (Å²) in [5.74, 6) is 0.430. The van der Waals surface area contributed by atoms with Gasteiger partial charge < -0.3 is 4.42 Å². The molecule has 1 amide bonds. The standard InChI is InChI=1S/C16H12BrN3O2S/c1-20(14(21)9-8-13-3-2-10-22-13)16-19-18-15(23-16)11-4-6-12(17)7-5-11/h2-10H,1H3/b9-8+. The summed E-state index contributed by atoms with van der Waals surface area (Å²) in [6.07, 6.45) is 4.62. The molecule has 0 atom stereocenters. The Morgan fingerprint density at radius 2 is 2.04 bits per heavy atom. The van der Waals surface area contributed by atoms with Crippen LogP contribution in [-0.4, -0.2) is 23.2 Å². The van der Waals surface area contributed by atoms with Crippen LogP contribution in [-0.2, 0) is 4.79 Å². The van der Waals surface area contributed by atoms with Gasteiger partial charge in [-0.05, 0) is 30.3 Å². The van der Waals surface area contributed by atoms with Crippen molar-refractivity contribution in [2.75, 3.05) is 11.9 Å². The van der Waals surface area contributed by atoms with Crippen LogP contribution in [0.2, 0.25) is 0 Å². The number of likely N-dealkylation sites (N-methyl/N-ethyl adjacent to an activating group) is 1. The highest BCUT2D eigenvalue weighted by Gasteiger charge is 2.14. The maximum atomic E-state index is 12.2. The van der Waals surface area contributed by atoms with E-state index in [2.05, 4.69) is 26.1 Å². The third kappa shape index (κ3) is 3.75. The van der Waals surface area contributed by atoms with Crippen LogP contribution in [0.3, 0.4) is 0 Å².